The molecule has 1 N–H and O–H groups in total. The number of benzene rings is 1. The summed E-state index contributed by atoms with van der Waals surface area (Å²) < 4.78 is 10.3. The van der Waals surface area contributed by atoms with Crippen LogP contribution in [0.1, 0.15) is 23.9 Å². The molecule has 2 heterocycles. The second-order valence-electron chi connectivity index (χ2n) is 7.31. The number of ether oxygens (including phenoxy) is 1. The first kappa shape index (κ1) is 20.4. The molecule has 1 amide bonds. The lowest BCUT2D eigenvalue weighted by atomic mass is 10.1. The highest BCUT2D eigenvalue weighted by Gasteiger charge is 2.25. The molecule has 2 aromatic rings. The first-order valence-electron chi connectivity index (χ1n) is 9.84. The Morgan fingerprint density at radius 3 is 2.57 bits per heavy atom. The molecule has 1 aromatic heterocycles. The number of carbonyl (C=O) groups is 1. The van der Waals surface area contributed by atoms with Gasteiger partial charge in [0.25, 0.3) is 0 Å². The van der Waals surface area contributed by atoms with Gasteiger partial charge in [0.2, 0.25) is 5.91 Å². The summed E-state index contributed by atoms with van der Waals surface area (Å²) in [6, 6.07) is 9.81. The maximum Gasteiger partial charge on any atom is 0.237 e. The van der Waals surface area contributed by atoms with Crippen LogP contribution in [-0.2, 0) is 17.8 Å². The van der Waals surface area contributed by atoms with Crippen LogP contribution in [0, 0.1) is 6.92 Å². The third-order valence-electron chi connectivity index (χ3n) is 5.27. The van der Waals surface area contributed by atoms with Gasteiger partial charge in [-0.2, -0.15) is 0 Å². The Morgan fingerprint density at radius 1 is 1.25 bits per heavy atom. The average molecular weight is 386 g/mol. The topological polar surface area (TPSA) is 70.8 Å². The van der Waals surface area contributed by atoms with Gasteiger partial charge in [-0.25, -0.2) is 0 Å². The molecule has 7 nitrogen and oxygen atoms in total. The van der Waals surface area contributed by atoms with Gasteiger partial charge in [0, 0.05) is 45.3 Å². The van der Waals surface area contributed by atoms with E-state index >= 15 is 0 Å². The molecule has 3 rings (SSSR count). The highest BCUT2D eigenvalue weighted by molar-refractivity contribution is 5.81. The zero-order chi connectivity index (χ0) is 19.9. The summed E-state index contributed by atoms with van der Waals surface area (Å²) in [4.78, 5) is 17.1. The van der Waals surface area contributed by atoms with E-state index in [4.69, 9.17) is 9.26 Å². The number of methoxy groups -OCH3 is 1. The molecule has 1 aliphatic rings. The van der Waals surface area contributed by atoms with E-state index in [1.165, 1.54) is 5.56 Å². The number of hydrogen-bond donors (Lipinski definition) is 1. The highest BCUT2D eigenvalue weighted by Crippen LogP contribution is 2.12. The van der Waals surface area contributed by atoms with Gasteiger partial charge in [-0.15, -0.1) is 0 Å². The number of hydrogen-bond acceptors (Lipinski definition) is 6. The van der Waals surface area contributed by atoms with Crippen LogP contribution < -0.4 is 10.1 Å². The summed E-state index contributed by atoms with van der Waals surface area (Å²) in [5, 5.41) is 7.12. The molecular formula is C21H30N4O3. The third kappa shape index (κ3) is 5.56. The predicted molar refractivity (Wildman–Crippen MR) is 107 cm³/mol. The summed E-state index contributed by atoms with van der Waals surface area (Å²) in [5.74, 6) is 1.78. The fourth-order valence-electron chi connectivity index (χ4n) is 3.47. The van der Waals surface area contributed by atoms with E-state index < -0.39 is 0 Å². The Labute approximate surface area is 166 Å². The van der Waals surface area contributed by atoms with Crippen molar-refractivity contribution in [3.63, 3.8) is 0 Å². The lowest BCUT2D eigenvalue weighted by molar-refractivity contribution is -0.126. The van der Waals surface area contributed by atoms with Crippen LogP contribution in [-0.4, -0.2) is 66.7 Å². The molecule has 7 heteroatoms. The fraction of sp³-hybridized carbons (Fsp3) is 0.524. The van der Waals surface area contributed by atoms with E-state index in [1.54, 1.807) is 7.11 Å². The monoisotopic (exact) mass is 386 g/mol. The van der Waals surface area contributed by atoms with Gasteiger partial charge in [0.1, 0.15) is 11.5 Å². The number of aromatic nitrogens is 1. The Morgan fingerprint density at radius 2 is 1.96 bits per heavy atom. The minimum absolute atomic E-state index is 0.0917. The van der Waals surface area contributed by atoms with Crippen LogP contribution in [0.3, 0.4) is 0 Å². The average Bonchev–Trinajstić information content (AvgIpc) is 3.13. The minimum atomic E-state index is -0.118. The van der Waals surface area contributed by atoms with E-state index in [2.05, 4.69) is 20.3 Å². The molecule has 1 aliphatic heterocycles. The Hall–Kier alpha value is -2.38. The Balaban J connectivity index is 1.37. The van der Waals surface area contributed by atoms with Gasteiger partial charge in [-0.05, 0) is 38.0 Å². The van der Waals surface area contributed by atoms with Crippen LogP contribution >= 0.6 is 0 Å². The maximum absolute atomic E-state index is 12.5. The molecular weight excluding hydrogens is 356 g/mol. The van der Waals surface area contributed by atoms with Crippen molar-refractivity contribution in [2.75, 3.05) is 39.8 Å². The minimum Gasteiger partial charge on any atom is -0.497 e. The van der Waals surface area contributed by atoms with Gasteiger partial charge in [-0.1, -0.05) is 17.3 Å². The number of nitrogens with one attached hydrogen (secondary N) is 1. The number of amides is 1. The van der Waals surface area contributed by atoms with E-state index in [0.717, 1.165) is 56.3 Å². The van der Waals surface area contributed by atoms with Crippen LogP contribution in [0.4, 0.5) is 0 Å². The summed E-state index contributed by atoms with van der Waals surface area (Å²) in [6.45, 7) is 8.94. The Bertz CT molecular complexity index is 751. The third-order valence-corrected chi connectivity index (χ3v) is 5.27. The van der Waals surface area contributed by atoms with Crippen molar-refractivity contribution in [2.45, 2.75) is 32.9 Å². The van der Waals surface area contributed by atoms with Crippen LogP contribution in [0.15, 0.2) is 34.9 Å². The van der Waals surface area contributed by atoms with Gasteiger partial charge in [0.05, 0.1) is 18.8 Å². The number of aryl methyl sites for hydroxylation is 1. The second-order valence-corrected chi connectivity index (χ2v) is 7.31. The maximum atomic E-state index is 12.5. The second kappa shape index (κ2) is 9.71. The molecule has 0 spiro atoms. The van der Waals surface area contributed by atoms with E-state index in [1.807, 2.05) is 44.2 Å². The van der Waals surface area contributed by atoms with Crippen molar-refractivity contribution < 1.29 is 14.1 Å². The van der Waals surface area contributed by atoms with E-state index in [9.17, 15) is 4.79 Å². The molecule has 28 heavy (non-hydrogen) atoms. The molecule has 0 aliphatic carbocycles. The predicted octanol–water partition coefficient (Wildman–Crippen LogP) is 1.86. The number of piperazine rings is 1. The van der Waals surface area contributed by atoms with Crippen molar-refractivity contribution in [3.05, 3.63) is 47.3 Å². The number of rotatable bonds is 8. The molecule has 0 bridgehead atoms. The largest absolute Gasteiger partial charge is 0.497 e. The molecule has 1 fully saturated rings. The van der Waals surface area contributed by atoms with Crippen LogP contribution in [0.2, 0.25) is 0 Å². The smallest absolute Gasteiger partial charge is 0.237 e. The first-order chi connectivity index (χ1) is 13.5. The fourth-order valence-corrected chi connectivity index (χ4v) is 3.47. The van der Waals surface area contributed by atoms with Gasteiger partial charge in [0.15, 0.2) is 0 Å². The van der Waals surface area contributed by atoms with Gasteiger partial charge >= 0.3 is 0 Å². The zero-order valence-corrected chi connectivity index (χ0v) is 17.0. The van der Waals surface area contributed by atoms with Crippen molar-refractivity contribution in [1.82, 2.24) is 20.3 Å². The van der Waals surface area contributed by atoms with E-state index in [-0.39, 0.29) is 11.9 Å². The van der Waals surface area contributed by atoms with Crippen LogP contribution in [0.5, 0.6) is 5.75 Å². The van der Waals surface area contributed by atoms with Gasteiger partial charge in [-0.3, -0.25) is 14.6 Å². The molecule has 0 saturated carbocycles. The summed E-state index contributed by atoms with van der Waals surface area (Å²) >= 11 is 0. The van der Waals surface area contributed by atoms with Crippen molar-refractivity contribution in [2.24, 2.45) is 0 Å². The zero-order valence-electron chi connectivity index (χ0n) is 17.0. The quantitative estimate of drug-likeness (QED) is 0.747. The molecule has 1 atom stereocenters. The standard InChI is InChI=1S/C21H30N4O3/c1-16-14-19(23-28-16)15-24-10-12-25(13-11-24)17(2)21(26)22-9-8-18-4-6-20(27-3)7-5-18/h4-7,14,17H,8-13,15H2,1-3H3,(H,22,26). The van der Waals surface area contributed by atoms with Crippen molar-refractivity contribution in [1.29, 1.82) is 0 Å². The van der Waals surface area contributed by atoms with Crippen molar-refractivity contribution >= 4 is 5.91 Å². The number of carbonyl (C=O) groups excluding carboxylic acids is 1. The first-order valence-corrected chi connectivity index (χ1v) is 9.84. The normalized spacial score (nSPS) is 16.7. The summed E-state index contributed by atoms with van der Waals surface area (Å²) in [6.07, 6.45) is 0.813. The van der Waals surface area contributed by atoms with Crippen LogP contribution in [0.25, 0.3) is 0 Å². The van der Waals surface area contributed by atoms with Crippen molar-refractivity contribution in [3.8, 4) is 5.75 Å². The van der Waals surface area contributed by atoms with E-state index in [0.29, 0.717) is 6.54 Å². The lowest BCUT2D eigenvalue weighted by Gasteiger charge is -2.37. The lowest BCUT2D eigenvalue weighted by Crippen LogP contribution is -2.53. The molecule has 1 unspecified atom stereocenters. The highest BCUT2D eigenvalue weighted by atomic mass is 16.5. The molecule has 1 aromatic carbocycles. The molecule has 152 valence electrons. The SMILES string of the molecule is COc1ccc(CCNC(=O)C(C)N2CCN(Cc3cc(C)on3)CC2)cc1. The molecule has 0 radical (unpaired) electrons. The molecule has 1 saturated heterocycles. The Kier molecular flexibility index (Phi) is 7.06. The van der Waals surface area contributed by atoms with Gasteiger partial charge < -0.3 is 14.6 Å². The number of nitrogens with zero attached hydrogens (tertiary/aromatic N) is 3. The summed E-state index contributed by atoms with van der Waals surface area (Å²) in [5.41, 5.74) is 2.15. The summed E-state index contributed by atoms with van der Waals surface area (Å²) in [7, 11) is 1.66.